The molecule has 0 atom stereocenters. The third-order valence-corrected chi connectivity index (χ3v) is 5.89. The van der Waals surface area contributed by atoms with Crippen molar-refractivity contribution < 1.29 is 19.4 Å². The lowest BCUT2D eigenvalue weighted by molar-refractivity contribution is 0.364. The zero-order valence-electron chi connectivity index (χ0n) is 13.7. The van der Waals surface area contributed by atoms with Crippen molar-refractivity contribution in [1.82, 2.24) is 4.98 Å². The van der Waals surface area contributed by atoms with Gasteiger partial charge in [0.15, 0.2) is 0 Å². The monoisotopic (exact) mass is 385 g/mol. The topological polar surface area (TPSA) is 12.9 Å². The van der Waals surface area contributed by atoms with Crippen molar-refractivity contribution in [3.63, 3.8) is 0 Å². The predicted molar refractivity (Wildman–Crippen MR) is 95.2 cm³/mol. The van der Waals surface area contributed by atoms with Gasteiger partial charge < -0.3 is 0 Å². The molecule has 1 aromatic heterocycles. The SMILES string of the molecule is FS(F)(F)(F)(F)c1ccc2c(-c3ccccc3)c3c(nc2c1)CCCC3. The Morgan fingerprint density at radius 1 is 0.808 bits per heavy atom. The molecule has 7 heteroatoms. The lowest BCUT2D eigenvalue weighted by Crippen LogP contribution is -2.10. The van der Waals surface area contributed by atoms with Gasteiger partial charge in [0.1, 0.15) is 4.90 Å². The largest absolute Gasteiger partial charge is 0.310 e. The molecule has 0 bridgehead atoms. The Bertz CT molecular complexity index is 1010. The first-order valence-corrected chi connectivity index (χ1v) is 10.2. The predicted octanol–water partition coefficient (Wildman–Crippen LogP) is 7.44. The summed E-state index contributed by atoms with van der Waals surface area (Å²) in [6.07, 6.45) is 3.29. The average Bonchev–Trinajstić information content (AvgIpc) is 2.58. The van der Waals surface area contributed by atoms with Gasteiger partial charge in [0, 0.05) is 11.1 Å². The van der Waals surface area contributed by atoms with Crippen LogP contribution in [0, 0.1) is 0 Å². The molecule has 0 aliphatic heterocycles. The minimum Gasteiger partial charge on any atom is -0.252 e. The Morgan fingerprint density at radius 2 is 1.50 bits per heavy atom. The van der Waals surface area contributed by atoms with E-state index in [1.54, 1.807) is 0 Å². The molecule has 26 heavy (non-hydrogen) atoms. The highest BCUT2D eigenvalue weighted by molar-refractivity contribution is 8.45. The first-order chi connectivity index (χ1) is 12.0. The smallest absolute Gasteiger partial charge is 0.252 e. The van der Waals surface area contributed by atoms with Crippen LogP contribution < -0.4 is 0 Å². The van der Waals surface area contributed by atoms with Crippen LogP contribution in [-0.2, 0) is 12.8 Å². The molecular formula is C19H16F5NS. The van der Waals surface area contributed by atoms with Gasteiger partial charge in [-0.1, -0.05) is 55.8 Å². The summed E-state index contributed by atoms with van der Waals surface area (Å²) < 4.78 is 66.1. The molecule has 2 aromatic carbocycles. The Labute approximate surface area is 147 Å². The number of hydrogen-bond donors (Lipinski definition) is 0. The average molecular weight is 385 g/mol. The van der Waals surface area contributed by atoms with Gasteiger partial charge in [0.25, 0.3) is 0 Å². The molecule has 138 valence electrons. The molecule has 1 nitrogen and oxygen atoms in total. The molecule has 0 spiro atoms. The zero-order valence-corrected chi connectivity index (χ0v) is 14.5. The van der Waals surface area contributed by atoms with E-state index in [1.165, 1.54) is 0 Å². The lowest BCUT2D eigenvalue weighted by atomic mass is 9.87. The van der Waals surface area contributed by atoms with Crippen LogP contribution in [-0.4, -0.2) is 4.98 Å². The van der Waals surface area contributed by atoms with Gasteiger partial charge in [-0.2, -0.15) is 0 Å². The molecule has 1 aliphatic carbocycles. The standard InChI is InChI=1S/C19H16F5NS/c20-26(21,22,23,24)14-10-11-16-18(12-14)25-17-9-5-4-8-15(17)19(16)13-6-2-1-3-7-13/h1-3,6-7,10-12H,4-5,8-9H2. The van der Waals surface area contributed by atoms with Crippen LogP contribution in [0.3, 0.4) is 0 Å². The van der Waals surface area contributed by atoms with E-state index in [1.807, 2.05) is 30.3 Å². The van der Waals surface area contributed by atoms with Crippen LogP contribution in [0.4, 0.5) is 19.4 Å². The second-order valence-electron chi connectivity index (χ2n) is 6.63. The Morgan fingerprint density at radius 3 is 2.19 bits per heavy atom. The van der Waals surface area contributed by atoms with Gasteiger partial charge in [0.05, 0.1) is 5.52 Å². The van der Waals surface area contributed by atoms with E-state index < -0.39 is 15.1 Å². The van der Waals surface area contributed by atoms with Crippen molar-refractivity contribution in [2.75, 3.05) is 0 Å². The minimum atomic E-state index is -9.74. The van der Waals surface area contributed by atoms with Crippen molar-refractivity contribution in [2.24, 2.45) is 0 Å². The van der Waals surface area contributed by atoms with Gasteiger partial charge >= 0.3 is 10.2 Å². The Balaban J connectivity index is 2.06. The van der Waals surface area contributed by atoms with Gasteiger partial charge in [-0.3, -0.25) is 4.98 Å². The Hall–Kier alpha value is -2.15. The van der Waals surface area contributed by atoms with Crippen LogP contribution in [0.5, 0.6) is 0 Å². The molecular weight excluding hydrogens is 369 g/mol. The fourth-order valence-corrected chi connectivity index (χ4v) is 4.24. The first kappa shape index (κ1) is 17.3. The summed E-state index contributed by atoms with van der Waals surface area (Å²) in [6, 6.07) is 11.4. The van der Waals surface area contributed by atoms with Crippen LogP contribution in [0.1, 0.15) is 24.1 Å². The second-order valence-corrected chi connectivity index (χ2v) is 9.04. The highest BCUT2D eigenvalue weighted by Gasteiger charge is 2.65. The Kier molecular flexibility index (Phi) is 3.30. The van der Waals surface area contributed by atoms with E-state index in [4.69, 9.17) is 0 Å². The highest BCUT2D eigenvalue weighted by atomic mass is 32.5. The van der Waals surface area contributed by atoms with E-state index in [9.17, 15) is 19.4 Å². The third-order valence-electron chi connectivity index (χ3n) is 4.74. The molecule has 4 rings (SSSR count). The van der Waals surface area contributed by atoms with E-state index in [0.29, 0.717) is 29.6 Å². The number of aryl methyl sites for hydroxylation is 1. The van der Waals surface area contributed by atoms with Crippen LogP contribution >= 0.6 is 10.2 Å². The number of fused-ring (bicyclic) bond motifs is 2. The first-order valence-electron chi connectivity index (χ1n) is 8.28. The third kappa shape index (κ3) is 3.05. The van der Waals surface area contributed by atoms with Crippen molar-refractivity contribution in [3.05, 3.63) is 59.8 Å². The van der Waals surface area contributed by atoms with Gasteiger partial charge in [-0.25, -0.2) is 0 Å². The number of pyridine rings is 1. The van der Waals surface area contributed by atoms with E-state index in [-0.39, 0.29) is 5.52 Å². The summed E-state index contributed by atoms with van der Waals surface area (Å²) in [5, 5.41) is 0.474. The maximum absolute atomic E-state index is 13.2. The molecule has 0 amide bonds. The zero-order chi connectivity index (χ0) is 18.6. The lowest BCUT2D eigenvalue weighted by Gasteiger charge is -2.40. The van der Waals surface area contributed by atoms with Crippen molar-refractivity contribution in [1.29, 1.82) is 0 Å². The number of aromatic nitrogens is 1. The van der Waals surface area contributed by atoms with E-state index >= 15 is 0 Å². The summed E-state index contributed by atoms with van der Waals surface area (Å²) in [5.41, 5.74) is 3.35. The summed E-state index contributed by atoms with van der Waals surface area (Å²) in [4.78, 5) is 2.43. The van der Waals surface area contributed by atoms with Crippen molar-refractivity contribution >= 4 is 21.1 Å². The molecule has 1 aliphatic rings. The van der Waals surface area contributed by atoms with Crippen molar-refractivity contribution in [2.45, 2.75) is 30.6 Å². The number of hydrogen-bond acceptors (Lipinski definition) is 1. The maximum atomic E-state index is 13.2. The molecule has 0 unspecified atom stereocenters. The number of benzene rings is 2. The summed E-state index contributed by atoms with van der Waals surface area (Å²) in [6.45, 7) is 0. The van der Waals surface area contributed by atoms with E-state index in [0.717, 1.165) is 42.0 Å². The fraction of sp³-hybridized carbons (Fsp3) is 0.211. The normalized spacial score (nSPS) is 17.4. The molecule has 0 saturated carbocycles. The van der Waals surface area contributed by atoms with Crippen LogP contribution in [0.25, 0.3) is 22.0 Å². The highest BCUT2D eigenvalue weighted by Crippen LogP contribution is 3.02. The summed E-state index contributed by atoms with van der Waals surface area (Å²) >= 11 is 0. The molecule has 1 heterocycles. The van der Waals surface area contributed by atoms with Gasteiger partial charge in [-0.15, -0.1) is 0 Å². The van der Waals surface area contributed by atoms with Gasteiger partial charge in [0.2, 0.25) is 0 Å². The fourth-order valence-electron chi connectivity index (χ4n) is 3.58. The van der Waals surface area contributed by atoms with Crippen LogP contribution in [0.2, 0.25) is 0 Å². The van der Waals surface area contributed by atoms with Crippen LogP contribution in [0.15, 0.2) is 53.4 Å². The number of rotatable bonds is 2. The van der Waals surface area contributed by atoms with E-state index in [2.05, 4.69) is 4.98 Å². The minimum absolute atomic E-state index is 0.0322. The molecule has 3 aromatic rings. The second kappa shape index (κ2) is 4.97. The molecule has 0 radical (unpaired) electrons. The number of halogens is 5. The molecule has 0 saturated heterocycles. The van der Waals surface area contributed by atoms with Crippen molar-refractivity contribution in [3.8, 4) is 11.1 Å². The molecule has 0 fully saturated rings. The quantitative estimate of drug-likeness (QED) is 0.418. The molecule has 0 N–H and O–H groups in total. The summed E-state index contributed by atoms with van der Waals surface area (Å²) in [5.74, 6) is 0. The number of nitrogens with zero attached hydrogens (tertiary/aromatic N) is 1. The maximum Gasteiger partial charge on any atom is 0.310 e. The summed E-state index contributed by atoms with van der Waals surface area (Å²) in [7, 11) is -9.74. The van der Waals surface area contributed by atoms with Gasteiger partial charge in [-0.05, 0) is 54.5 Å².